The molecular weight excluding hydrogens is 1160 g/mol. The largest absolute Gasteiger partial charge is 0.472 e. The van der Waals surface area contributed by atoms with Crippen molar-refractivity contribution in [1.29, 1.82) is 0 Å². The van der Waals surface area contributed by atoms with Gasteiger partial charge in [-0.3, -0.25) is 13.8 Å². The molecule has 0 aliphatic heterocycles. The molecule has 542 valence electrons. The Kier molecular flexibility index (Phi) is 71.6. The van der Waals surface area contributed by atoms with Crippen molar-refractivity contribution in [3.63, 3.8) is 0 Å². The van der Waals surface area contributed by atoms with Crippen LogP contribution in [0.2, 0.25) is 0 Å². The number of likely N-dealkylation sites (N-methyl/N-ethyl adjacent to an activating group) is 1. The molecule has 9 heteroatoms. The Morgan fingerprint density at radius 3 is 0.946 bits per heavy atom. The van der Waals surface area contributed by atoms with E-state index in [9.17, 15) is 19.4 Å². The lowest BCUT2D eigenvalue weighted by atomic mass is 10.0. The molecule has 3 N–H and O–H groups in total. The van der Waals surface area contributed by atoms with Crippen LogP contribution in [0.1, 0.15) is 380 Å². The van der Waals surface area contributed by atoms with Crippen molar-refractivity contribution in [3.05, 3.63) is 97.2 Å². The molecule has 0 radical (unpaired) electrons. The zero-order chi connectivity index (χ0) is 67.6. The number of aliphatic hydroxyl groups excluding tert-OH is 1. The Morgan fingerprint density at radius 1 is 0.376 bits per heavy atom. The first kappa shape index (κ1) is 90.4. The monoisotopic (exact) mass is 1320 g/mol. The Bertz CT molecular complexity index is 1840. The molecule has 0 spiro atoms. The quantitative estimate of drug-likeness (QED) is 0.0243. The molecule has 0 aliphatic carbocycles. The standard InChI is InChI=1S/C84H155N2O6P/c1-6-8-10-12-14-16-18-20-22-24-26-28-30-32-34-36-38-39-40-41-42-43-44-45-46-47-48-50-52-54-56-58-60-62-64-66-68-70-72-74-76-78-84(88)85-82(81-92-93(89,90)91-80-79-86(3,4)5)83(87)77-75-73-71-69-67-65-63-61-59-57-55-53-51-49-37-35-33-31-29-27-25-23-21-19-17-15-13-11-9-7-2/h8,10,14,16,20,22,26,28,32,34,38-39,41-42,44-45,82-83,87H,6-7,9,11-13,15,17-19,21,23-25,27,29-31,33,35-37,40,43,46-81H2,1-5H3,(H-,85,88,89,90)/p+1/b10-8-,16-14-,22-20-,28-26-,34-32-,39-38-,42-41-,45-44-. The average molecular weight is 1320 g/mol. The Hall–Kier alpha value is -2.58. The molecule has 0 bridgehead atoms. The fraction of sp³-hybridized carbons (Fsp3) is 0.798. The van der Waals surface area contributed by atoms with Gasteiger partial charge in [0.2, 0.25) is 5.91 Å². The third kappa shape index (κ3) is 76.7. The van der Waals surface area contributed by atoms with Crippen molar-refractivity contribution in [2.75, 3.05) is 40.9 Å². The molecule has 0 heterocycles. The van der Waals surface area contributed by atoms with Gasteiger partial charge in [0.15, 0.2) is 0 Å². The summed E-state index contributed by atoms with van der Waals surface area (Å²) in [5.74, 6) is -0.140. The van der Waals surface area contributed by atoms with Crippen molar-refractivity contribution in [1.82, 2.24) is 5.32 Å². The van der Waals surface area contributed by atoms with Crippen LogP contribution in [0, 0.1) is 0 Å². The van der Waals surface area contributed by atoms with Gasteiger partial charge < -0.3 is 19.8 Å². The summed E-state index contributed by atoms with van der Waals surface area (Å²) in [5, 5.41) is 14.2. The number of nitrogens with zero attached hydrogens (tertiary/aromatic N) is 1. The number of nitrogens with one attached hydrogen (secondary N) is 1. The number of aliphatic hydroxyl groups is 1. The lowest BCUT2D eigenvalue weighted by Gasteiger charge is -2.26. The minimum Gasteiger partial charge on any atom is -0.391 e. The molecule has 0 saturated heterocycles. The molecule has 0 fully saturated rings. The molecule has 0 aromatic heterocycles. The summed E-state index contributed by atoms with van der Waals surface area (Å²) < 4.78 is 24.0. The number of phosphoric acid groups is 1. The van der Waals surface area contributed by atoms with Crippen molar-refractivity contribution < 1.29 is 32.9 Å². The Labute approximate surface area is 579 Å². The highest BCUT2D eigenvalue weighted by Gasteiger charge is 2.28. The second-order valence-electron chi connectivity index (χ2n) is 28.4. The predicted molar refractivity (Wildman–Crippen MR) is 410 cm³/mol. The zero-order valence-electron chi connectivity index (χ0n) is 62.2. The first-order valence-electron chi connectivity index (χ1n) is 40.1. The van der Waals surface area contributed by atoms with E-state index in [0.717, 1.165) is 89.9 Å². The first-order chi connectivity index (χ1) is 45.5. The minimum atomic E-state index is -4.34. The number of hydrogen-bond donors (Lipinski definition) is 3. The summed E-state index contributed by atoms with van der Waals surface area (Å²) >= 11 is 0. The first-order valence-corrected chi connectivity index (χ1v) is 41.6. The maximum atomic E-state index is 13.1. The number of unbranched alkanes of at least 4 members (excludes halogenated alkanes) is 45. The molecule has 0 aromatic rings. The van der Waals surface area contributed by atoms with E-state index in [2.05, 4.69) is 116 Å². The highest BCUT2D eigenvalue weighted by Crippen LogP contribution is 2.43. The van der Waals surface area contributed by atoms with Crippen LogP contribution < -0.4 is 5.32 Å². The smallest absolute Gasteiger partial charge is 0.391 e. The third-order valence-corrected chi connectivity index (χ3v) is 19.1. The fourth-order valence-corrected chi connectivity index (χ4v) is 12.7. The zero-order valence-corrected chi connectivity index (χ0v) is 63.1. The van der Waals surface area contributed by atoms with Crippen LogP contribution in [0.3, 0.4) is 0 Å². The van der Waals surface area contributed by atoms with Gasteiger partial charge in [0.1, 0.15) is 13.2 Å². The van der Waals surface area contributed by atoms with E-state index in [-0.39, 0.29) is 19.1 Å². The average Bonchev–Trinajstić information content (AvgIpc) is 2.75. The molecular formula is C84H156N2O6P+. The summed E-state index contributed by atoms with van der Waals surface area (Å²) in [6.45, 7) is 4.82. The van der Waals surface area contributed by atoms with Gasteiger partial charge >= 0.3 is 7.82 Å². The highest BCUT2D eigenvalue weighted by atomic mass is 31.2. The van der Waals surface area contributed by atoms with Gasteiger partial charge in [-0.25, -0.2) is 4.57 Å². The molecule has 93 heavy (non-hydrogen) atoms. The summed E-state index contributed by atoms with van der Waals surface area (Å²) in [4.78, 5) is 23.5. The van der Waals surface area contributed by atoms with E-state index >= 15 is 0 Å². The van der Waals surface area contributed by atoms with E-state index < -0.39 is 20.0 Å². The molecule has 3 unspecified atom stereocenters. The molecule has 0 aliphatic rings. The van der Waals surface area contributed by atoms with Gasteiger partial charge in [-0.1, -0.05) is 394 Å². The van der Waals surface area contributed by atoms with Gasteiger partial charge in [0.25, 0.3) is 0 Å². The predicted octanol–water partition coefficient (Wildman–Crippen LogP) is 26.4. The molecule has 3 atom stereocenters. The summed E-state index contributed by atoms with van der Waals surface area (Å²) in [6, 6.07) is -0.767. The summed E-state index contributed by atoms with van der Waals surface area (Å²) in [7, 11) is 1.63. The van der Waals surface area contributed by atoms with Crippen molar-refractivity contribution >= 4 is 13.7 Å². The van der Waals surface area contributed by atoms with Gasteiger partial charge in [0, 0.05) is 6.42 Å². The topological polar surface area (TPSA) is 105 Å². The van der Waals surface area contributed by atoms with Crippen LogP contribution in [-0.2, 0) is 18.4 Å². The SMILES string of the molecule is CC/C=C\C/C=C\C/C=C\C/C=C\C/C=C\C/C=C\C/C=C\C/C=C\CCCCCCCCCCCCCCCCCCC(=O)NC(COP(=O)(O)OCC[N+](C)(C)C)C(O)CCCCCCCCCCCCCCCCCCCCCCCCCCCCCCCC. The Balaban J connectivity index is 3.96. The van der Waals surface area contributed by atoms with E-state index in [1.54, 1.807) is 0 Å². The van der Waals surface area contributed by atoms with Gasteiger partial charge in [-0.15, -0.1) is 0 Å². The van der Waals surface area contributed by atoms with E-state index in [0.29, 0.717) is 23.9 Å². The molecule has 0 rings (SSSR count). The lowest BCUT2D eigenvalue weighted by molar-refractivity contribution is -0.870. The van der Waals surface area contributed by atoms with Crippen molar-refractivity contribution in [3.8, 4) is 0 Å². The molecule has 1 amide bonds. The van der Waals surface area contributed by atoms with Gasteiger partial charge in [-0.2, -0.15) is 0 Å². The second kappa shape index (κ2) is 73.7. The number of amides is 1. The van der Waals surface area contributed by atoms with Gasteiger partial charge in [0.05, 0.1) is 39.9 Å². The number of phosphoric ester groups is 1. The van der Waals surface area contributed by atoms with Crippen molar-refractivity contribution in [2.45, 2.75) is 392 Å². The highest BCUT2D eigenvalue weighted by molar-refractivity contribution is 7.47. The van der Waals surface area contributed by atoms with Crippen LogP contribution >= 0.6 is 7.82 Å². The van der Waals surface area contributed by atoms with Crippen LogP contribution in [0.15, 0.2) is 97.2 Å². The second-order valence-corrected chi connectivity index (χ2v) is 29.9. The van der Waals surface area contributed by atoms with E-state index in [4.69, 9.17) is 9.05 Å². The number of hydrogen-bond acceptors (Lipinski definition) is 5. The van der Waals surface area contributed by atoms with Crippen LogP contribution in [-0.4, -0.2) is 73.4 Å². The lowest BCUT2D eigenvalue weighted by Crippen LogP contribution is -2.46. The normalized spacial score (nSPS) is 14.0. The maximum absolute atomic E-state index is 13.1. The molecule has 0 aromatic carbocycles. The minimum absolute atomic E-state index is 0.0735. The van der Waals surface area contributed by atoms with Crippen LogP contribution in [0.5, 0.6) is 0 Å². The van der Waals surface area contributed by atoms with Gasteiger partial charge in [-0.05, 0) is 77.0 Å². The molecule has 0 saturated carbocycles. The molecule has 8 nitrogen and oxygen atoms in total. The van der Waals surface area contributed by atoms with Crippen LogP contribution in [0.4, 0.5) is 0 Å². The summed E-state index contributed by atoms with van der Waals surface area (Å²) in [6.07, 6.45) is 107. The van der Waals surface area contributed by atoms with Crippen molar-refractivity contribution in [2.24, 2.45) is 0 Å². The number of carbonyl (C=O) groups excluding carboxylic acids is 1. The van der Waals surface area contributed by atoms with E-state index in [1.807, 2.05) is 21.1 Å². The number of allylic oxidation sites excluding steroid dienone is 16. The number of rotatable bonds is 74. The Morgan fingerprint density at radius 2 is 0.645 bits per heavy atom. The number of quaternary nitrogens is 1. The maximum Gasteiger partial charge on any atom is 0.472 e. The van der Waals surface area contributed by atoms with Crippen LogP contribution in [0.25, 0.3) is 0 Å². The fourth-order valence-electron chi connectivity index (χ4n) is 12.0. The van der Waals surface area contributed by atoms with E-state index in [1.165, 1.54) is 263 Å². The summed E-state index contributed by atoms with van der Waals surface area (Å²) in [5.41, 5.74) is 0. The number of carbonyl (C=O) groups is 1. The third-order valence-electron chi connectivity index (χ3n) is 18.1.